The molecule has 1 aliphatic heterocycles. The molecule has 36 heavy (non-hydrogen) atoms. The van der Waals surface area contributed by atoms with Gasteiger partial charge in [0.05, 0.1) is 23.7 Å². The summed E-state index contributed by atoms with van der Waals surface area (Å²) in [6, 6.07) is 0. The summed E-state index contributed by atoms with van der Waals surface area (Å²) in [7, 11) is 0. The number of esters is 4. The first-order chi connectivity index (χ1) is 17.0. The third-order valence-electron chi connectivity index (χ3n) is 6.12. The van der Waals surface area contributed by atoms with Crippen molar-refractivity contribution in [2.75, 3.05) is 13.2 Å². The number of fused-ring (bicyclic) bond motifs is 1. The van der Waals surface area contributed by atoms with Crippen LogP contribution in [0.3, 0.4) is 0 Å². The number of rotatable bonds is 7. The van der Waals surface area contributed by atoms with Gasteiger partial charge in [0.15, 0.2) is 0 Å². The fraction of sp³-hybridized carbons (Fsp3) is 0.481. The fourth-order valence-electron chi connectivity index (χ4n) is 4.01. The first-order valence-corrected chi connectivity index (χ1v) is 11.7. The molecule has 1 fully saturated rings. The van der Waals surface area contributed by atoms with Crippen molar-refractivity contribution in [3.8, 4) is 0 Å². The van der Waals surface area contributed by atoms with Crippen molar-refractivity contribution < 1.29 is 43.2 Å². The first-order valence-electron chi connectivity index (χ1n) is 11.7. The number of aliphatic hydroxyl groups excluding tert-OH is 1. The first kappa shape index (κ1) is 28.8. The van der Waals surface area contributed by atoms with Gasteiger partial charge in [-0.1, -0.05) is 30.4 Å². The van der Waals surface area contributed by atoms with Crippen LogP contribution in [0, 0.1) is 5.92 Å². The van der Waals surface area contributed by atoms with E-state index in [1.54, 1.807) is 26.8 Å². The highest BCUT2D eigenvalue weighted by Crippen LogP contribution is 2.36. The fourth-order valence-corrected chi connectivity index (χ4v) is 4.01. The lowest BCUT2D eigenvalue weighted by Gasteiger charge is -2.28. The molecule has 0 radical (unpaired) electrons. The van der Waals surface area contributed by atoms with E-state index in [9.17, 15) is 24.3 Å². The third kappa shape index (κ3) is 7.27. The summed E-state index contributed by atoms with van der Waals surface area (Å²) in [5.74, 6) is -3.14. The monoisotopic (exact) mass is 502 g/mol. The molecular weight excluding hydrogens is 468 g/mol. The second kappa shape index (κ2) is 13.0. The van der Waals surface area contributed by atoms with Gasteiger partial charge in [0.1, 0.15) is 24.9 Å². The maximum absolute atomic E-state index is 13.0. The lowest BCUT2D eigenvalue weighted by Crippen LogP contribution is -2.35. The lowest BCUT2D eigenvalue weighted by atomic mass is 9.85. The largest absolute Gasteiger partial charge is 0.458 e. The predicted octanol–water partition coefficient (Wildman–Crippen LogP) is 3.04. The number of hydrogen-bond donors (Lipinski definition) is 1. The molecule has 196 valence electrons. The van der Waals surface area contributed by atoms with E-state index >= 15 is 0 Å². The molecule has 0 aromatic rings. The molecule has 1 saturated heterocycles. The Labute approximate surface area is 211 Å². The molecule has 2 aliphatic rings. The molecule has 4 atom stereocenters. The Bertz CT molecular complexity index is 1030. The van der Waals surface area contributed by atoms with Gasteiger partial charge in [0, 0.05) is 25.3 Å². The van der Waals surface area contributed by atoms with Crippen LogP contribution in [-0.4, -0.2) is 60.5 Å². The number of hydrogen-bond acceptors (Lipinski definition) is 9. The highest BCUT2D eigenvalue weighted by molar-refractivity contribution is 5.93. The maximum atomic E-state index is 13.0. The molecule has 0 unspecified atom stereocenters. The zero-order chi connectivity index (χ0) is 27.0. The van der Waals surface area contributed by atoms with Crippen molar-refractivity contribution in [3.63, 3.8) is 0 Å². The van der Waals surface area contributed by atoms with Crippen LogP contribution in [0.4, 0.5) is 0 Å². The average molecular weight is 503 g/mol. The van der Waals surface area contributed by atoms with Crippen LogP contribution in [0.2, 0.25) is 0 Å². The molecule has 0 aromatic carbocycles. The second-order valence-corrected chi connectivity index (χ2v) is 8.73. The van der Waals surface area contributed by atoms with Crippen molar-refractivity contribution in [1.82, 2.24) is 0 Å². The zero-order valence-corrected chi connectivity index (χ0v) is 21.4. The molecule has 1 aliphatic carbocycles. The zero-order valence-electron chi connectivity index (χ0n) is 21.4. The number of ether oxygens (including phenoxy) is 4. The maximum Gasteiger partial charge on any atom is 0.337 e. The van der Waals surface area contributed by atoms with Crippen LogP contribution in [0.25, 0.3) is 0 Å². The third-order valence-corrected chi connectivity index (χ3v) is 6.12. The van der Waals surface area contributed by atoms with Gasteiger partial charge >= 0.3 is 23.9 Å². The minimum Gasteiger partial charge on any atom is -0.458 e. The van der Waals surface area contributed by atoms with Crippen LogP contribution in [0.5, 0.6) is 0 Å². The van der Waals surface area contributed by atoms with Crippen LogP contribution in [0.1, 0.15) is 47.5 Å². The predicted molar refractivity (Wildman–Crippen MR) is 130 cm³/mol. The Balaban J connectivity index is 2.30. The SMILES string of the molecule is C=C1C(=O)O[C@H]2/C=C(/C)[C@@H](OC(C)=O)C/C=C(\C)C[C@@H](OC(=O)/C(=C/C)COC(=O)/C(=C/C)CO)[C@@H]12. The Morgan fingerprint density at radius 3 is 2.39 bits per heavy atom. The van der Waals surface area contributed by atoms with E-state index in [-0.39, 0.29) is 29.7 Å². The summed E-state index contributed by atoms with van der Waals surface area (Å²) < 4.78 is 21.9. The summed E-state index contributed by atoms with van der Waals surface area (Å²) >= 11 is 0. The van der Waals surface area contributed by atoms with Crippen molar-refractivity contribution in [2.45, 2.75) is 65.8 Å². The van der Waals surface area contributed by atoms with E-state index in [1.807, 2.05) is 13.0 Å². The molecule has 0 bridgehead atoms. The molecule has 9 heteroatoms. The number of allylic oxidation sites excluding steroid dienone is 2. The smallest absolute Gasteiger partial charge is 0.337 e. The van der Waals surface area contributed by atoms with Crippen molar-refractivity contribution in [2.24, 2.45) is 5.92 Å². The molecule has 0 amide bonds. The van der Waals surface area contributed by atoms with Crippen molar-refractivity contribution in [3.05, 3.63) is 58.7 Å². The topological polar surface area (TPSA) is 125 Å². The average Bonchev–Trinajstić information content (AvgIpc) is 3.09. The molecular formula is C27H34O9. The van der Waals surface area contributed by atoms with Gasteiger partial charge in [-0.15, -0.1) is 0 Å². The molecule has 0 aromatic heterocycles. The van der Waals surface area contributed by atoms with Crippen LogP contribution >= 0.6 is 0 Å². The van der Waals surface area contributed by atoms with Gasteiger partial charge in [-0.05, 0) is 39.3 Å². The molecule has 1 N–H and O–H groups in total. The Kier molecular flexibility index (Phi) is 10.4. The van der Waals surface area contributed by atoms with Crippen LogP contribution in [0.15, 0.2) is 58.7 Å². The number of carbonyl (C=O) groups is 4. The minimum absolute atomic E-state index is 0.0712. The summed E-state index contributed by atoms with van der Waals surface area (Å²) in [5.41, 5.74) is 1.91. The molecule has 9 nitrogen and oxygen atoms in total. The molecule has 1 heterocycles. The van der Waals surface area contributed by atoms with Crippen LogP contribution in [-0.2, 0) is 38.1 Å². The molecule has 0 saturated carbocycles. The Morgan fingerprint density at radius 1 is 1.14 bits per heavy atom. The highest BCUT2D eigenvalue weighted by atomic mass is 16.6. The van der Waals surface area contributed by atoms with Gasteiger partial charge < -0.3 is 24.1 Å². The normalized spacial score (nSPS) is 28.1. The summed E-state index contributed by atoms with van der Waals surface area (Å²) in [6.07, 6.45) is 5.13. The quantitative estimate of drug-likeness (QED) is 0.242. The van der Waals surface area contributed by atoms with Crippen molar-refractivity contribution in [1.29, 1.82) is 0 Å². The molecule has 0 spiro atoms. The van der Waals surface area contributed by atoms with Crippen LogP contribution < -0.4 is 0 Å². The van der Waals surface area contributed by atoms with Crippen molar-refractivity contribution >= 4 is 23.9 Å². The van der Waals surface area contributed by atoms with E-state index in [0.717, 1.165) is 5.57 Å². The summed E-state index contributed by atoms with van der Waals surface area (Å²) in [5, 5.41) is 9.22. The number of carbonyl (C=O) groups excluding carboxylic acids is 4. The van der Waals surface area contributed by atoms with E-state index < -0.39 is 54.7 Å². The second-order valence-electron chi connectivity index (χ2n) is 8.73. The van der Waals surface area contributed by atoms with E-state index in [2.05, 4.69) is 6.58 Å². The van der Waals surface area contributed by atoms with Gasteiger partial charge in [-0.3, -0.25) is 4.79 Å². The van der Waals surface area contributed by atoms with Gasteiger partial charge in [0.25, 0.3) is 0 Å². The highest BCUT2D eigenvalue weighted by Gasteiger charge is 2.45. The molecule has 2 rings (SSSR count). The Hall–Kier alpha value is -3.46. The lowest BCUT2D eigenvalue weighted by molar-refractivity contribution is -0.149. The summed E-state index contributed by atoms with van der Waals surface area (Å²) in [4.78, 5) is 49.1. The Morgan fingerprint density at radius 2 is 1.81 bits per heavy atom. The van der Waals surface area contributed by atoms with E-state index in [1.165, 1.54) is 19.1 Å². The van der Waals surface area contributed by atoms with E-state index in [4.69, 9.17) is 18.9 Å². The van der Waals surface area contributed by atoms with Gasteiger partial charge in [-0.2, -0.15) is 0 Å². The number of aliphatic hydroxyl groups is 1. The minimum atomic E-state index is -0.791. The van der Waals surface area contributed by atoms with E-state index in [0.29, 0.717) is 12.0 Å². The summed E-state index contributed by atoms with van der Waals surface area (Å²) in [6.45, 7) is 11.2. The standard InChI is InChI=1S/C27H34O9/c1-7-19(13-28)26(31)33-14-20(8-2)27(32)36-22-11-15(3)9-10-21(34-18(6)29)16(4)12-23-24(22)17(5)25(30)35-23/h7-9,12,21-24,28H,5,10-11,13-14H2,1-4,6H3/b15-9+,16-12-,19-7+,20-8+/t21-,22+,23-,24+/m0/s1. The van der Waals surface area contributed by atoms with Gasteiger partial charge in [-0.25, -0.2) is 14.4 Å². The van der Waals surface area contributed by atoms with Gasteiger partial charge in [0.2, 0.25) is 0 Å².